The molecule has 0 spiro atoms. The van der Waals surface area contributed by atoms with Crippen LogP contribution in [0.4, 0.5) is 0 Å². The number of carbonyl (C=O) groups excluding carboxylic acids is 1. The van der Waals surface area contributed by atoms with Crippen LogP contribution in [0.25, 0.3) is 0 Å². The van der Waals surface area contributed by atoms with Gasteiger partial charge in [0.2, 0.25) is 5.91 Å². The van der Waals surface area contributed by atoms with E-state index in [1.165, 1.54) is 5.56 Å². The molecule has 80 valence electrons. The Morgan fingerprint density at radius 3 is 2.87 bits per heavy atom. The molecule has 3 heteroatoms. The van der Waals surface area contributed by atoms with E-state index in [9.17, 15) is 4.79 Å². The van der Waals surface area contributed by atoms with Crippen molar-refractivity contribution >= 4 is 5.91 Å². The molecule has 1 fully saturated rings. The Balaban J connectivity index is 2.31. The van der Waals surface area contributed by atoms with Crippen molar-refractivity contribution in [3.8, 4) is 5.75 Å². The fourth-order valence-corrected chi connectivity index (χ4v) is 1.98. The molecule has 1 aromatic carbocycles. The minimum absolute atomic E-state index is 0.127. The fourth-order valence-electron chi connectivity index (χ4n) is 1.98. The zero-order valence-electron chi connectivity index (χ0n) is 9.04. The van der Waals surface area contributed by atoms with Gasteiger partial charge in [0.05, 0.1) is 7.11 Å². The van der Waals surface area contributed by atoms with Crippen LogP contribution in [-0.2, 0) is 4.79 Å². The lowest BCUT2D eigenvalue weighted by atomic mass is 9.96. The van der Waals surface area contributed by atoms with E-state index in [0.717, 1.165) is 17.9 Å². The smallest absolute Gasteiger partial charge is 0.220 e. The van der Waals surface area contributed by atoms with Gasteiger partial charge in [-0.1, -0.05) is 12.1 Å². The Kier molecular flexibility index (Phi) is 2.62. The molecule has 1 aliphatic heterocycles. The Hall–Kier alpha value is -1.51. The van der Waals surface area contributed by atoms with Crippen molar-refractivity contribution in [2.45, 2.75) is 19.3 Å². The summed E-state index contributed by atoms with van der Waals surface area (Å²) >= 11 is 0. The molecule has 1 atom stereocenters. The minimum atomic E-state index is 0.127. The number of amides is 1. The second kappa shape index (κ2) is 3.93. The first-order valence-corrected chi connectivity index (χ1v) is 5.12. The van der Waals surface area contributed by atoms with Gasteiger partial charge in [-0.25, -0.2) is 0 Å². The van der Waals surface area contributed by atoms with E-state index in [1.54, 1.807) is 7.11 Å². The van der Waals surface area contributed by atoms with E-state index < -0.39 is 0 Å². The van der Waals surface area contributed by atoms with Crippen molar-refractivity contribution in [3.63, 3.8) is 0 Å². The zero-order chi connectivity index (χ0) is 10.8. The van der Waals surface area contributed by atoms with Gasteiger partial charge in [0.1, 0.15) is 5.75 Å². The highest BCUT2D eigenvalue weighted by molar-refractivity contribution is 5.79. The van der Waals surface area contributed by atoms with E-state index in [2.05, 4.69) is 17.4 Å². The number of benzene rings is 1. The molecule has 0 saturated carbocycles. The molecule has 3 nitrogen and oxygen atoms in total. The van der Waals surface area contributed by atoms with Crippen molar-refractivity contribution < 1.29 is 9.53 Å². The van der Waals surface area contributed by atoms with Gasteiger partial charge in [-0.15, -0.1) is 0 Å². The van der Waals surface area contributed by atoms with Crippen LogP contribution >= 0.6 is 0 Å². The van der Waals surface area contributed by atoms with Crippen LogP contribution in [0.2, 0.25) is 0 Å². The highest BCUT2D eigenvalue weighted by atomic mass is 16.5. The lowest BCUT2D eigenvalue weighted by molar-refractivity contribution is -0.119. The maximum atomic E-state index is 11.1. The second-order valence-electron chi connectivity index (χ2n) is 3.95. The first-order chi connectivity index (χ1) is 7.20. The van der Waals surface area contributed by atoms with E-state index in [4.69, 9.17) is 4.74 Å². The van der Waals surface area contributed by atoms with Gasteiger partial charge >= 0.3 is 0 Å². The number of aryl methyl sites for hydroxylation is 1. The van der Waals surface area contributed by atoms with Gasteiger partial charge in [0, 0.05) is 18.9 Å². The molecule has 0 bridgehead atoms. The number of carbonyl (C=O) groups is 1. The summed E-state index contributed by atoms with van der Waals surface area (Å²) in [7, 11) is 1.67. The molecule has 1 heterocycles. The summed E-state index contributed by atoms with van der Waals surface area (Å²) in [5, 5.41) is 2.84. The normalized spacial score (nSPS) is 20.1. The first kappa shape index (κ1) is 10.0. The molecule has 1 saturated heterocycles. The average Bonchev–Trinajstić information content (AvgIpc) is 2.64. The molecule has 0 aromatic heterocycles. The van der Waals surface area contributed by atoms with Crippen LogP contribution in [-0.4, -0.2) is 19.6 Å². The summed E-state index contributed by atoms with van der Waals surface area (Å²) in [6.45, 7) is 2.75. The van der Waals surface area contributed by atoms with Crippen molar-refractivity contribution in [1.29, 1.82) is 0 Å². The van der Waals surface area contributed by atoms with Gasteiger partial charge in [-0.05, 0) is 24.1 Å². The third kappa shape index (κ3) is 1.96. The standard InChI is InChI=1S/C12H15NO2/c1-8-3-4-10(11(5-8)15-2)9-6-12(14)13-7-9/h3-5,9H,6-7H2,1-2H3,(H,13,14). The molecule has 1 N–H and O–H groups in total. The highest BCUT2D eigenvalue weighted by Gasteiger charge is 2.25. The predicted octanol–water partition coefficient (Wildman–Crippen LogP) is 1.61. The summed E-state index contributed by atoms with van der Waals surface area (Å²) in [5.74, 6) is 1.27. The maximum Gasteiger partial charge on any atom is 0.220 e. The predicted molar refractivity (Wildman–Crippen MR) is 58.1 cm³/mol. The molecule has 0 radical (unpaired) electrons. The number of rotatable bonds is 2. The Morgan fingerprint density at radius 1 is 1.47 bits per heavy atom. The lowest BCUT2D eigenvalue weighted by Crippen LogP contribution is -2.13. The summed E-state index contributed by atoms with van der Waals surface area (Å²) in [6, 6.07) is 6.12. The summed E-state index contributed by atoms with van der Waals surface area (Å²) in [4.78, 5) is 11.1. The van der Waals surface area contributed by atoms with E-state index in [-0.39, 0.29) is 11.8 Å². The van der Waals surface area contributed by atoms with Crippen LogP contribution in [0.5, 0.6) is 5.75 Å². The Labute approximate surface area is 89.4 Å². The highest BCUT2D eigenvalue weighted by Crippen LogP contribution is 2.31. The van der Waals surface area contributed by atoms with Crippen LogP contribution in [0.3, 0.4) is 0 Å². The Bertz CT molecular complexity index is 387. The SMILES string of the molecule is COc1cc(C)ccc1C1CNC(=O)C1. The van der Waals surface area contributed by atoms with E-state index in [1.807, 2.05) is 13.0 Å². The largest absolute Gasteiger partial charge is 0.496 e. The molecular weight excluding hydrogens is 190 g/mol. The minimum Gasteiger partial charge on any atom is -0.496 e. The fraction of sp³-hybridized carbons (Fsp3) is 0.417. The van der Waals surface area contributed by atoms with Crippen LogP contribution in [0, 0.1) is 6.92 Å². The number of hydrogen-bond donors (Lipinski definition) is 1. The molecular formula is C12H15NO2. The van der Waals surface area contributed by atoms with Gasteiger partial charge in [-0.3, -0.25) is 4.79 Å². The van der Waals surface area contributed by atoms with Crippen molar-refractivity contribution in [2.75, 3.05) is 13.7 Å². The molecule has 1 aliphatic rings. The van der Waals surface area contributed by atoms with Crippen molar-refractivity contribution in [2.24, 2.45) is 0 Å². The quantitative estimate of drug-likeness (QED) is 0.796. The van der Waals surface area contributed by atoms with Gasteiger partial charge < -0.3 is 10.1 Å². The third-order valence-electron chi connectivity index (χ3n) is 2.81. The monoisotopic (exact) mass is 205 g/mol. The molecule has 2 rings (SSSR count). The maximum absolute atomic E-state index is 11.1. The number of hydrogen-bond acceptors (Lipinski definition) is 2. The van der Waals surface area contributed by atoms with Crippen LogP contribution in [0.15, 0.2) is 18.2 Å². The van der Waals surface area contributed by atoms with Gasteiger partial charge in [-0.2, -0.15) is 0 Å². The topological polar surface area (TPSA) is 38.3 Å². The summed E-state index contributed by atoms with van der Waals surface area (Å²) < 4.78 is 5.33. The molecule has 15 heavy (non-hydrogen) atoms. The van der Waals surface area contributed by atoms with Gasteiger partial charge in [0.15, 0.2) is 0 Å². The molecule has 1 amide bonds. The number of methoxy groups -OCH3 is 1. The molecule has 1 unspecified atom stereocenters. The Morgan fingerprint density at radius 2 is 2.27 bits per heavy atom. The summed E-state index contributed by atoms with van der Waals surface area (Å²) in [5.41, 5.74) is 2.30. The van der Waals surface area contributed by atoms with Crippen molar-refractivity contribution in [3.05, 3.63) is 29.3 Å². The van der Waals surface area contributed by atoms with Gasteiger partial charge in [0.25, 0.3) is 0 Å². The van der Waals surface area contributed by atoms with Crippen molar-refractivity contribution in [1.82, 2.24) is 5.32 Å². The average molecular weight is 205 g/mol. The third-order valence-corrected chi connectivity index (χ3v) is 2.81. The van der Waals surface area contributed by atoms with Crippen LogP contribution in [0.1, 0.15) is 23.5 Å². The molecule has 1 aromatic rings. The van der Waals surface area contributed by atoms with E-state index >= 15 is 0 Å². The number of ether oxygens (including phenoxy) is 1. The lowest BCUT2D eigenvalue weighted by Gasteiger charge is -2.13. The number of nitrogens with one attached hydrogen (secondary N) is 1. The van der Waals surface area contributed by atoms with E-state index in [0.29, 0.717) is 6.42 Å². The van der Waals surface area contributed by atoms with Crippen LogP contribution < -0.4 is 10.1 Å². The molecule has 0 aliphatic carbocycles. The first-order valence-electron chi connectivity index (χ1n) is 5.12. The zero-order valence-corrected chi connectivity index (χ0v) is 9.04. The second-order valence-corrected chi connectivity index (χ2v) is 3.95. The summed E-state index contributed by atoms with van der Waals surface area (Å²) in [6.07, 6.45) is 0.569.